The van der Waals surface area contributed by atoms with Gasteiger partial charge in [-0.15, -0.1) is 6.58 Å². The third-order valence-corrected chi connectivity index (χ3v) is 2.61. The number of nitrogens with zero attached hydrogens (tertiary/aromatic N) is 1. The van der Waals surface area contributed by atoms with Gasteiger partial charge in [-0.2, -0.15) is 0 Å². The topological polar surface area (TPSA) is 32.3 Å². The minimum atomic E-state index is -0.0777. The molecule has 1 aliphatic heterocycles. The largest absolute Gasteiger partial charge is 0.341 e. The molecule has 1 heterocycles. The summed E-state index contributed by atoms with van der Waals surface area (Å²) in [5.74, 6) is 0.228. The van der Waals surface area contributed by atoms with Crippen LogP contribution in [0.3, 0.4) is 0 Å². The lowest BCUT2D eigenvalue weighted by molar-refractivity contribution is -0.133. The number of carbonyl (C=O) groups is 1. The molecular formula is C11H20N2O. The van der Waals surface area contributed by atoms with E-state index in [1.54, 1.807) is 6.08 Å². The van der Waals surface area contributed by atoms with Crippen LogP contribution in [0, 0.1) is 0 Å². The highest BCUT2D eigenvalue weighted by atomic mass is 16.2. The van der Waals surface area contributed by atoms with Gasteiger partial charge >= 0.3 is 0 Å². The first-order chi connectivity index (χ1) is 6.75. The van der Waals surface area contributed by atoms with Crippen molar-refractivity contribution in [3.05, 3.63) is 12.7 Å². The summed E-state index contributed by atoms with van der Waals surface area (Å²) in [6.07, 6.45) is 5.35. The lowest BCUT2D eigenvalue weighted by Crippen LogP contribution is -2.46. The highest BCUT2D eigenvalue weighted by Crippen LogP contribution is 2.09. The molecule has 0 spiro atoms. The molecule has 1 amide bonds. The number of hydrogen-bond acceptors (Lipinski definition) is 2. The number of piperidine rings is 1. The van der Waals surface area contributed by atoms with Gasteiger partial charge in [0, 0.05) is 19.6 Å². The maximum absolute atomic E-state index is 11.8. The summed E-state index contributed by atoms with van der Waals surface area (Å²) < 4.78 is 0. The Labute approximate surface area is 86.2 Å². The maximum atomic E-state index is 11.8. The van der Waals surface area contributed by atoms with E-state index in [2.05, 4.69) is 11.9 Å². The Bertz CT molecular complexity index is 197. The van der Waals surface area contributed by atoms with Crippen LogP contribution in [0.2, 0.25) is 0 Å². The molecule has 3 nitrogen and oxygen atoms in total. The average Bonchev–Trinajstić information content (AvgIpc) is 2.26. The second kappa shape index (κ2) is 5.81. The van der Waals surface area contributed by atoms with Crippen LogP contribution in [0.25, 0.3) is 0 Å². The second-order valence-electron chi connectivity index (χ2n) is 3.80. The summed E-state index contributed by atoms with van der Waals surface area (Å²) in [5.41, 5.74) is 0. The zero-order valence-corrected chi connectivity index (χ0v) is 8.96. The molecule has 1 atom stereocenters. The molecule has 1 rings (SSSR count). The lowest BCUT2D eigenvalue weighted by Gasteiger charge is -2.29. The molecule has 0 radical (unpaired) electrons. The van der Waals surface area contributed by atoms with Gasteiger partial charge in [0.2, 0.25) is 5.91 Å². The molecule has 0 aromatic carbocycles. The Morgan fingerprint density at radius 3 is 2.71 bits per heavy atom. The van der Waals surface area contributed by atoms with Gasteiger partial charge < -0.3 is 10.2 Å². The third kappa shape index (κ3) is 3.14. The molecule has 1 aliphatic rings. The van der Waals surface area contributed by atoms with Crippen molar-refractivity contribution in [2.45, 2.75) is 32.2 Å². The Morgan fingerprint density at radius 2 is 2.14 bits per heavy atom. The zero-order valence-electron chi connectivity index (χ0n) is 8.96. The Morgan fingerprint density at radius 1 is 1.50 bits per heavy atom. The van der Waals surface area contributed by atoms with Crippen LogP contribution < -0.4 is 5.32 Å². The SMILES string of the molecule is C=CCNC(C)C(=O)N1CCCCC1. The number of amides is 1. The predicted molar refractivity (Wildman–Crippen MR) is 58.1 cm³/mol. The Kier molecular flexibility index (Phi) is 4.66. The highest BCUT2D eigenvalue weighted by Gasteiger charge is 2.20. The monoisotopic (exact) mass is 196 g/mol. The van der Waals surface area contributed by atoms with E-state index in [4.69, 9.17) is 0 Å². The van der Waals surface area contributed by atoms with Gasteiger partial charge in [0.05, 0.1) is 6.04 Å². The zero-order chi connectivity index (χ0) is 10.4. The van der Waals surface area contributed by atoms with E-state index in [0.717, 1.165) is 25.9 Å². The molecule has 1 N–H and O–H groups in total. The molecule has 0 saturated carbocycles. The third-order valence-electron chi connectivity index (χ3n) is 2.61. The minimum Gasteiger partial charge on any atom is -0.341 e. The normalized spacial score (nSPS) is 19.1. The van der Waals surface area contributed by atoms with Crippen molar-refractivity contribution in [2.24, 2.45) is 0 Å². The number of rotatable bonds is 4. The number of hydrogen-bond donors (Lipinski definition) is 1. The van der Waals surface area contributed by atoms with Crippen LogP contribution in [-0.2, 0) is 4.79 Å². The first-order valence-electron chi connectivity index (χ1n) is 5.38. The summed E-state index contributed by atoms with van der Waals surface area (Å²) >= 11 is 0. The van der Waals surface area contributed by atoms with Crippen LogP contribution in [0.5, 0.6) is 0 Å². The number of carbonyl (C=O) groups excluding carboxylic acids is 1. The summed E-state index contributed by atoms with van der Waals surface area (Å²) in [6, 6.07) is -0.0777. The first-order valence-corrected chi connectivity index (χ1v) is 5.38. The number of nitrogens with one attached hydrogen (secondary N) is 1. The predicted octanol–water partition coefficient (Wildman–Crippen LogP) is 1.16. The fraction of sp³-hybridized carbons (Fsp3) is 0.727. The summed E-state index contributed by atoms with van der Waals surface area (Å²) in [5, 5.41) is 3.12. The minimum absolute atomic E-state index is 0.0777. The molecule has 1 fully saturated rings. The maximum Gasteiger partial charge on any atom is 0.239 e. The molecule has 1 unspecified atom stereocenters. The van der Waals surface area contributed by atoms with Crippen molar-refractivity contribution < 1.29 is 4.79 Å². The van der Waals surface area contributed by atoms with Crippen LogP contribution >= 0.6 is 0 Å². The molecule has 3 heteroatoms. The van der Waals surface area contributed by atoms with Crippen molar-refractivity contribution in [3.8, 4) is 0 Å². The van der Waals surface area contributed by atoms with E-state index in [-0.39, 0.29) is 11.9 Å². The molecule has 80 valence electrons. The van der Waals surface area contributed by atoms with E-state index in [1.165, 1.54) is 6.42 Å². The summed E-state index contributed by atoms with van der Waals surface area (Å²) in [4.78, 5) is 13.8. The average molecular weight is 196 g/mol. The summed E-state index contributed by atoms with van der Waals surface area (Å²) in [7, 11) is 0. The Hall–Kier alpha value is -0.830. The van der Waals surface area contributed by atoms with Crippen molar-refractivity contribution in [1.82, 2.24) is 10.2 Å². The van der Waals surface area contributed by atoms with Gasteiger partial charge in [-0.05, 0) is 26.2 Å². The van der Waals surface area contributed by atoms with E-state index in [1.807, 2.05) is 11.8 Å². The van der Waals surface area contributed by atoms with Crippen molar-refractivity contribution >= 4 is 5.91 Å². The van der Waals surface area contributed by atoms with Crippen LogP contribution in [0.15, 0.2) is 12.7 Å². The van der Waals surface area contributed by atoms with Gasteiger partial charge in [0.1, 0.15) is 0 Å². The van der Waals surface area contributed by atoms with Crippen LogP contribution in [0.1, 0.15) is 26.2 Å². The smallest absolute Gasteiger partial charge is 0.239 e. The van der Waals surface area contributed by atoms with E-state index in [0.29, 0.717) is 6.54 Å². The number of likely N-dealkylation sites (tertiary alicyclic amines) is 1. The van der Waals surface area contributed by atoms with Crippen molar-refractivity contribution in [3.63, 3.8) is 0 Å². The Balaban J connectivity index is 2.34. The van der Waals surface area contributed by atoms with Crippen LogP contribution in [-0.4, -0.2) is 36.5 Å². The summed E-state index contributed by atoms with van der Waals surface area (Å²) in [6.45, 7) is 8.09. The second-order valence-corrected chi connectivity index (χ2v) is 3.80. The van der Waals surface area contributed by atoms with E-state index >= 15 is 0 Å². The van der Waals surface area contributed by atoms with Gasteiger partial charge in [0.15, 0.2) is 0 Å². The molecule has 0 aliphatic carbocycles. The van der Waals surface area contributed by atoms with E-state index < -0.39 is 0 Å². The molecule has 0 bridgehead atoms. The van der Waals surface area contributed by atoms with Gasteiger partial charge in [-0.25, -0.2) is 0 Å². The molecular weight excluding hydrogens is 176 g/mol. The molecule has 14 heavy (non-hydrogen) atoms. The van der Waals surface area contributed by atoms with Crippen molar-refractivity contribution in [1.29, 1.82) is 0 Å². The lowest BCUT2D eigenvalue weighted by atomic mass is 10.1. The molecule has 0 aromatic heterocycles. The van der Waals surface area contributed by atoms with Crippen molar-refractivity contribution in [2.75, 3.05) is 19.6 Å². The van der Waals surface area contributed by atoms with Gasteiger partial charge in [-0.1, -0.05) is 6.08 Å². The van der Waals surface area contributed by atoms with E-state index in [9.17, 15) is 4.79 Å². The molecule has 0 aromatic rings. The van der Waals surface area contributed by atoms with Crippen LogP contribution in [0.4, 0.5) is 0 Å². The van der Waals surface area contributed by atoms with Gasteiger partial charge in [0.25, 0.3) is 0 Å². The fourth-order valence-corrected chi connectivity index (χ4v) is 1.74. The first kappa shape index (κ1) is 11.2. The standard InChI is InChI=1S/C11H20N2O/c1-3-7-12-10(2)11(14)13-8-5-4-6-9-13/h3,10,12H,1,4-9H2,2H3. The highest BCUT2D eigenvalue weighted by molar-refractivity contribution is 5.81. The quantitative estimate of drug-likeness (QED) is 0.684. The molecule has 1 saturated heterocycles. The fourth-order valence-electron chi connectivity index (χ4n) is 1.74. The van der Waals surface area contributed by atoms with Gasteiger partial charge in [-0.3, -0.25) is 4.79 Å².